The largest absolute Gasteiger partial charge is 0.444 e. The minimum absolute atomic E-state index is 0.0120. The number of nitrogens with zero attached hydrogens (tertiary/aromatic N) is 3. The number of anilines is 2. The van der Waals surface area contributed by atoms with Gasteiger partial charge in [-0.25, -0.2) is 9.59 Å². The molecule has 0 unspecified atom stereocenters. The van der Waals surface area contributed by atoms with Crippen LogP contribution in [0.4, 0.5) is 21.0 Å². The lowest BCUT2D eigenvalue weighted by atomic mass is 9.80. The van der Waals surface area contributed by atoms with E-state index in [-0.39, 0.29) is 18.6 Å². The van der Waals surface area contributed by atoms with Crippen LogP contribution < -0.4 is 10.2 Å². The van der Waals surface area contributed by atoms with E-state index >= 15 is 0 Å². The maximum Gasteiger partial charge on any atom is 0.415 e. The zero-order valence-electron chi connectivity index (χ0n) is 25.8. The van der Waals surface area contributed by atoms with Crippen molar-refractivity contribution in [3.8, 4) is 11.1 Å². The number of ether oxygens (including phenoxy) is 2. The van der Waals surface area contributed by atoms with E-state index in [4.69, 9.17) is 9.47 Å². The van der Waals surface area contributed by atoms with Gasteiger partial charge >= 0.3 is 12.2 Å². The van der Waals surface area contributed by atoms with Gasteiger partial charge in [0.15, 0.2) is 0 Å². The summed E-state index contributed by atoms with van der Waals surface area (Å²) in [6.45, 7) is 12.4. The molecule has 0 spiro atoms. The second-order valence-corrected chi connectivity index (χ2v) is 13.3. The summed E-state index contributed by atoms with van der Waals surface area (Å²) in [5, 5.41) is 13.5. The van der Waals surface area contributed by atoms with E-state index in [1.54, 1.807) is 17.3 Å². The second kappa shape index (κ2) is 12.0. The number of amides is 2. The molecule has 0 radical (unpaired) electrons. The number of aromatic nitrogens is 1. The smallest absolute Gasteiger partial charge is 0.415 e. The Morgan fingerprint density at radius 1 is 0.953 bits per heavy atom. The van der Waals surface area contributed by atoms with Crippen LogP contribution in [-0.4, -0.2) is 57.6 Å². The lowest BCUT2D eigenvalue weighted by Gasteiger charge is -2.45. The molecule has 2 aliphatic rings. The SMILES string of the molecule is CC(C)(C)OC(=O)Nc1cccc(-c2ccc3c(c2)[C@H]2[C@H](CCN2Cc2ccncc2)[C@@H](CO)N3C(=O)OC(C)(C)C)c1. The summed E-state index contributed by atoms with van der Waals surface area (Å²) in [4.78, 5) is 34.3. The average Bonchev–Trinajstić information content (AvgIpc) is 3.34. The van der Waals surface area contributed by atoms with Crippen molar-refractivity contribution in [2.24, 2.45) is 5.92 Å². The maximum atomic E-state index is 13.6. The predicted octanol–water partition coefficient (Wildman–Crippen LogP) is 6.77. The fraction of sp³-hybridized carbons (Fsp3) is 0.441. The van der Waals surface area contributed by atoms with Crippen molar-refractivity contribution in [2.45, 2.75) is 77.8 Å². The van der Waals surface area contributed by atoms with Crippen molar-refractivity contribution in [1.29, 1.82) is 0 Å². The minimum Gasteiger partial charge on any atom is -0.444 e. The number of likely N-dealkylation sites (tertiary alicyclic amines) is 1. The first-order valence-corrected chi connectivity index (χ1v) is 14.8. The molecule has 1 aromatic heterocycles. The van der Waals surface area contributed by atoms with Crippen molar-refractivity contribution < 1.29 is 24.2 Å². The van der Waals surface area contributed by atoms with Gasteiger partial charge in [0, 0.05) is 36.6 Å². The quantitative estimate of drug-likeness (QED) is 0.340. The standard InChI is InChI=1S/C34H42N4O5/c1-33(2,3)42-31(40)36-25-9-7-8-23(18-25)24-10-11-28-27(19-24)30-26(14-17-37(30)20-22-12-15-35-16-13-22)29(21-39)38(28)32(41)43-34(4,5)6/h7-13,15-16,18-19,26,29-30,39H,14,17,20-21H2,1-6H3,(H,36,40)/t26-,29-,30-/m1/s1. The van der Waals surface area contributed by atoms with E-state index in [9.17, 15) is 14.7 Å². The summed E-state index contributed by atoms with van der Waals surface area (Å²) in [5.74, 6) is 0.0160. The molecule has 3 atom stereocenters. The highest BCUT2D eigenvalue weighted by atomic mass is 16.6. The number of rotatable bonds is 5. The lowest BCUT2D eigenvalue weighted by Crippen LogP contribution is -2.53. The first-order chi connectivity index (χ1) is 20.3. The number of hydrogen-bond acceptors (Lipinski definition) is 7. The molecule has 1 saturated heterocycles. The number of benzene rings is 2. The molecule has 2 amide bonds. The summed E-state index contributed by atoms with van der Waals surface area (Å²) in [6, 6.07) is 17.3. The minimum atomic E-state index is -0.682. The van der Waals surface area contributed by atoms with E-state index in [0.717, 1.165) is 47.5 Å². The number of carbonyl (C=O) groups is 2. The summed E-state index contributed by atoms with van der Waals surface area (Å²) in [6.07, 6.45) is 3.46. The van der Waals surface area contributed by atoms with Crippen LogP contribution in [0, 0.1) is 5.92 Å². The van der Waals surface area contributed by atoms with Gasteiger partial charge in [-0.2, -0.15) is 0 Å². The summed E-state index contributed by atoms with van der Waals surface area (Å²) in [7, 11) is 0. The van der Waals surface area contributed by atoms with Gasteiger partial charge in [0.05, 0.1) is 18.3 Å². The molecule has 43 heavy (non-hydrogen) atoms. The molecule has 3 aromatic rings. The predicted molar refractivity (Wildman–Crippen MR) is 167 cm³/mol. The van der Waals surface area contributed by atoms with Crippen molar-refractivity contribution in [1.82, 2.24) is 9.88 Å². The van der Waals surface area contributed by atoms with Gasteiger partial charge in [-0.15, -0.1) is 0 Å². The summed E-state index contributed by atoms with van der Waals surface area (Å²) >= 11 is 0. The van der Waals surface area contributed by atoms with Gasteiger partial charge in [-0.3, -0.25) is 20.1 Å². The molecule has 228 valence electrons. The highest BCUT2D eigenvalue weighted by Crippen LogP contribution is 2.50. The molecule has 2 aliphatic heterocycles. The highest BCUT2D eigenvalue weighted by Gasteiger charge is 2.49. The fourth-order valence-corrected chi connectivity index (χ4v) is 6.13. The van der Waals surface area contributed by atoms with Crippen LogP contribution in [0.3, 0.4) is 0 Å². The molecule has 1 fully saturated rings. The van der Waals surface area contributed by atoms with Crippen molar-refractivity contribution in [3.63, 3.8) is 0 Å². The zero-order valence-corrected chi connectivity index (χ0v) is 25.8. The molecule has 2 N–H and O–H groups in total. The van der Waals surface area contributed by atoms with Crippen LogP contribution in [0.5, 0.6) is 0 Å². The average molecular weight is 587 g/mol. The van der Waals surface area contributed by atoms with Crippen LogP contribution in [0.2, 0.25) is 0 Å². The van der Waals surface area contributed by atoms with Crippen LogP contribution in [0.15, 0.2) is 67.0 Å². The monoisotopic (exact) mass is 586 g/mol. The van der Waals surface area contributed by atoms with Crippen molar-refractivity contribution >= 4 is 23.6 Å². The van der Waals surface area contributed by atoms with E-state index in [1.807, 2.05) is 90.1 Å². The molecule has 9 heteroatoms. The Bertz CT molecular complexity index is 1460. The van der Waals surface area contributed by atoms with Gasteiger partial charge < -0.3 is 14.6 Å². The fourth-order valence-electron chi connectivity index (χ4n) is 6.13. The van der Waals surface area contributed by atoms with E-state index in [1.165, 1.54) is 0 Å². The third kappa shape index (κ3) is 7.00. The maximum absolute atomic E-state index is 13.6. The van der Waals surface area contributed by atoms with E-state index in [0.29, 0.717) is 5.69 Å². The number of fused-ring (bicyclic) bond motifs is 3. The molecule has 2 aromatic carbocycles. The second-order valence-electron chi connectivity index (χ2n) is 13.3. The Hall–Kier alpha value is -3.95. The highest BCUT2D eigenvalue weighted by molar-refractivity contribution is 5.92. The molecule has 5 rings (SSSR count). The van der Waals surface area contributed by atoms with Crippen molar-refractivity contribution in [3.05, 3.63) is 78.1 Å². The summed E-state index contributed by atoms with van der Waals surface area (Å²) in [5.41, 5.74) is 4.11. The molecule has 9 nitrogen and oxygen atoms in total. The number of aliphatic hydroxyl groups excluding tert-OH is 1. The van der Waals surface area contributed by atoms with Crippen LogP contribution in [0.1, 0.15) is 65.1 Å². The lowest BCUT2D eigenvalue weighted by molar-refractivity contribution is 0.0506. The Morgan fingerprint density at radius 3 is 2.33 bits per heavy atom. The zero-order chi connectivity index (χ0) is 30.9. The van der Waals surface area contributed by atoms with Crippen LogP contribution >= 0.6 is 0 Å². The number of hydrogen-bond donors (Lipinski definition) is 2. The van der Waals surface area contributed by atoms with E-state index in [2.05, 4.69) is 21.3 Å². The van der Waals surface area contributed by atoms with Gasteiger partial charge in [0.25, 0.3) is 0 Å². The normalized spacial score (nSPS) is 20.3. The first-order valence-electron chi connectivity index (χ1n) is 14.8. The number of carbonyl (C=O) groups excluding carboxylic acids is 2. The summed E-state index contributed by atoms with van der Waals surface area (Å²) < 4.78 is 11.3. The van der Waals surface area contributed by atoms with Crippen molar-refractivity contribution in [2.75, 3.05) is 23.4 Å². The molecule has 0 saturated carbocycles. The van der Waals surface area contributed by atoms with Gasteiger partial charge in [-0.1, -0.05) is 18.2 Å². The van der Waals surface area contributed by atoms with Gasteiger partial charge in [0.1, 0.15) is 11.2 Å². The van der Waals surface area contributed by atoms with Gasteiger partial charge in [0.2, 0.25) is 0 Å². The van der Waals surface area contributed by atoms with Crippen LogP contribution in [-0.2, 0) is 16.0 Å². The molecule has 3 heterocycles. The van der Waals surface area contributed by atoms with E-state index < -0.39 is 29.4 Å². The Morgan fingerprint density at radius 2 is 1.65 bits per heavy atom. The Labute approximate surface area is 253 Å². The molecule has 0 aliphatic carbocycles. The van der Waals surface area contributed by atoms with Gasteiger partial charge in [-0.05, 0) is 113 Å². The first kappa shape index (κ1) is 30.5. The Kier molecular flexibility index (Phi) is 8.49. The molecular weight excluding hydrogens is 544 g/mol. The third-order valence-corrected chi connectivity index (χ3v) is 7.73. The molecular formula is C34H42N4O5. The number of nitrogens with one attached hydrogen (secondary N) is 1. The molecule has 0 bridgehead atoms. The third-order valence-electron chi connectivity index (χ3n) is 7.73. The number of aliphatic hydroxyl groups is 1. The van der Waals surface area contributed by atoms with Crippen LogP contribution in [0.25, 0.3) is 11.1 Å². The topological polar surface area (TPSA) is 104 Å². The Balaban J connectivity index is 1.55. The number of pyridine rings is 1.